The quantitative estimate of drug-likeness (QED) is 0.0571. The highest BCUT2D eigenvalue weighted by molar-refractivity contribution is 5.76. The van der Waals surface area contributed by atoms with Gasteiger partial charge in [-0.05, 0) is 0 Å². The molecule has 0 aromatic rings. The zero-order chi connectivity index (χ0) is 51.4. The third-order valence-corrected chi connectivity index (χ3v) is 12.3. The van der Waals surface area contributed by atoms with Gasteiger partial charge in [-0.2, -0.15) is 0 Å². The van der Waals surface area contributed by atoms with E-state index in [1.165, 1.54) is 0 Å². The number of hydrogen-bond donors (Lipinski definition) is 18. The molecular formula is C38H64N2O29. The predicted octanol–water partition coefficient (Wildman–Crippen LogP) is -11.8. The van der Waals surface area contributed by atoms with Crippen molar-refractivity contribution in [2.24, 2.45) is 0 Å². The molecule has 69 heavy (non-hydrogen) atoms. The molecule has 0 spiro atoms. The number of carboxylic acids is 1. The van der Waals surface area contributed by atoms with Crippen LogP contribution in [0.2, 0.25) is 0 Å². The number of carbonyl (C=O) groups is 3. The molecule has 5 saturated heterocycles. The van der Waals surface area contributed by atoms with Crippen LogP contribution in [0.4, 0.5) is 0 Å². The van der Waals surface area contributed by atoms with E-state index in [1.807, 2.05) is 0 Å². The van der Waals surface area contributed by atoms with Crippen LogP contribution >= 0.6 is 0 Å². The van der Waals surface area contributed by atoms with E-state index in [2.05, 4.69) is 10.6 Å². The molecule has 26 atom stereocenters. The third kappa shape index (κ3) is 12.4. The number of hydrogen-bond acceptors (Lipinski definition) is 28. The Bertz CT molecular complexity index is 1670. The minimum absolute atomic E-state index is 0.760. The Morgan fingerprint density at radius 1 is 0.623 bits per heavy atom. The molecule has 25 unspecified atom stereocenters. The summed E-state index contributed by atoms with van der Waals surface area (Å²) < 4.78 is 56.4. The second kappa shape index (κ2) is 24.4. The Morgan fingerprint density at radius 3 is 1.74 bits per heavy atom. The van der Waals surface area contributed by atoms with E-state index in [4.69, 9.17) is 47.4 Å². The first kappa shape index (κ1) is 57.3. The second-order valence-corrected chi connectivity index (χ2v) is 17.1. The molecule has 0 bridgehead atoms. The molecule has 31 heteroatoms. The fourth-order valence-corrected chi connectivity index (χ4v) is 8.71. The summed E-state index contributed by atoms with van der Waals surface area (Å²) in [5.41, 5.74) is 0. The van der Waals surface area contributed by atoms with Gasteiger partial charge in [0.15, 0.2) is 25.2 Å². The van der Waals surface area contributed by atoms with Gasteiger partial charge >= 0.3 is 5.97 Å². The lowest BCUT2D eigenvalue weighted by molar-refractivity contribution is -0.389. The number of rotatable bonds is 19. The van der Waals surface area contributed by atoms with E-state index in [-0.39, 0.29) is 0 Å². The van der Waals surface area contributed by atoms with E-state index in [1.54, 1.807) is 0 Å². The van der Waals surface area contributed by atoms with Crippen molar-refractivity contribution in [1.29, 1.82) is 0 Å². The van der Waals surface area contributed by atoms with Crippen molar-refractivity contribution in [3.8, 4) is 0 Å². The van der Waals surface area contributed by atoms with Crippen molar-refractivity contribution in [3.05, 3.63) is 0 Å². The Kier molecular flexibility index (Phi) is 20.3. The fourth-order valence-electron chi connectivity index (χ4n) is 8.71. The van der Waals surface area contributed by atoms with E-state index in [9.17, 15) is 96.1 Å². The van der Waals surface area contributed by atoms with Crippen LogP contribution in [0.3, 0.4) is 0 Å². The molecule has 5 rings (SSSR count). The highest BCUT2D eigenvalue weighted by Gasteiger charge is 2.61. The largest absolute Gasteiger partial charge is 0.477 e. The SMILES string of the molecule is COC1C(CO)OC(OCC2OC(OC3C(O)C(O)OC(CO)C3O)C(NC(C)=O)C(O)C2OC2OC(CO)C(O)C(OC3(C(=O)O)CC(O)C(NC(C)=O)C(C(O)[C@H](O)CO)O3)C2O)C(O)C1O. The number of carboxylic acid groups (broad SMARTS) is 1. The molecular weight excluding hydrogens is 948 g/mol. The van der Waals surface area contributed by atoms with Gasteiger partial charge in [-0.25, -0.2) is 4.79 Å². The lowest BCUT2D eigenvalue weighted by Gasteiger charge is -2.51. The van der Waals surface area contributed by atoms with E-state index in [0.29, 0.717) is 0 Å². The first-order valence-corrected chi connectivity index (χ1v) is 21.6. The van der Waals surface area contributed by atoms with Crippen LogP contribution in [0.1, 0.15) is 20.3 Å². The van der Waals surface area contributed by atoms with Crippen LogP contribution in [-0.2, 0) is 61.8 Å². The van der Waals surface area contributed by atoms with Crippen LogP contribution in [0.5, 0.6) is 0 Å². The Hall–Kier alpha value is -2.59. The van der Waals surface area contributed by atoms with Gasteiger partial charge in [-0.1, -0.05) is 0 Å². The summed E-state index contributed by atoms with van der Waals surface area (Å²) in [5, 5.41) is 176. The average molecular weight is 1010 g/mol. The molecule has 400 valence electrons. The van der Waals surface area contributed by atoms with Crippen molar-refractivity contribution in [1.82, 2.24) is 10.6 Å². The molecule has 18 N–H and O–H groups in total. The number of aliphatic carboxylic acids is 1. The summed E-state index contributed by atoms with van der Waals surface area (Å²) in [6, 6.07) is -3.49. The van der Waals surface area contributed by atoms with Gasteiger partial charge in [0.1, 0.15) is 116 Å². The average Bonchev–Trinajstić information content (AvgIpc) is 3.30. The number of aliphatic hydroxyl groups is 15. The summed E-state index contributed by atoms with van der Waals surface area (Å²) in [4.78, 5) is 37.7. The third-order valence-electron chi connectivity index (χ3n) is 12.3. The fraction of sp³-hybridized carbons (Fsp3) is 0.921. The van der Waals surface area contributed by atoms with Gasteiger partial charge < -0.3 is 140 Å². The zero-order valence-electron chi connectivity index (χ0n) is 37.1. The topological polar surface area (TPSA) is 491 Å². The normalized spacial score (nSPS) is 46.1. The van der Waals surface area contributed by atoms with Crippen LogP contribution in [0.15, 0.2) is 0 Å². The van der Waals surface area contributed by atoms with Crippen molar-refractivity contribution in [2.45, 2.75) is 179 Å². The number of nitrogens with one attached hydrogen (secondary N) is 2. The molecule has 0 aromatic carbocycles. The number of amides is 2. The summed E-state index contributed by atoms with van der Waals surface area (Å²) >= 11 is 0. The van der Waals surface area contributed by atoms with E-state index in [0.717, 1.165) is 21.0 Å². The number of carbonyl (C=O) groups excluding carboxylic acids is 2. The van der Waals surface area contributed by atoms with Gasteiger partial charge in [0, 0.05) is 27.4 Å². The van der Waals surface area contributed by atoms with Gasteiger partial charge in [0.05, 0.1) is 45.2 Å². The highest BCUT2D eigenvalue weighted by Crippen LogP contribution is 2.39. The summed E-state index contributed by atoms with van der Waals surface area (Å²) in [7, 11) is 1.16. The van der Waals surface area contributed by atoms with Crippen LogP contribution in [-0.4, -0.2) is 299 Å². The van der Waals surface area contributed by atoms with Gasteiger partial charge in [-0.3, -0.25) is 9.59 Å². The standard InChI is InChI=1S/C38H64N2O29/c1-10(45)39-18-12(47)4-38(37(58)59,68-30(18)20(49)13(48)5-41)69-32-22(51)15(7-43)63-36(27(32)56)66-29-17(9-61-35-25(54)24(53)28(60-3)16(8-44)64-35)65-34(19(23(29)52)40-11(2)46)67-31-21(50)14(6-42)62-33(57)26(31)55/h12-36,41-44,47-57H,4-9H2,1-3H3,(H,39,45)(H,40,46)(H,58,59)/t12?,13-,14?,15?,16?,17?,18?,19?,20?,21?,22?,23?,24?,25?,26?,27?,28?,29?,30?,31?,32?,33?,34?,35?,36?,38?/m1/s1. The van der Waals surface area contributed by atoms with Crippen LogP contribution in [0, 0.1) is 0 Å². The maximum absolute atomic E-state index is 13.0. The molecule has 31 nitrogen and oxygen atoms in total. The first-order chi connectivity index (χ1) is 32.5. The number of aliphatic hydroxyl groups excluding tert-OH is 15. The summed E-state index contributed by atoms with van der Waals surface area (Å²) in [5.74, 6) is -6.97. The molecule has 0 aromatic heterocycles. The molecule has 5 heterocycles. The lowest BCUT2D eigenvalue weighted by atomic mass is 9.88. The van der Waals surface area contributed by atoms with Crippen molar-refractivity contribution in [3.63, 3.8) is 0 Å². The number of ether oxygens (including phenoxy) is 10. The highest BCUT2D eigenvalue weighted by atomic mass is 16.8. The van der Waals surface area contributed by atoms with Gasteiger partial charge in [0.2, 0.25) is 11.8 Å². The van der Waals surface area contributed by atoms with E-state index < -0.39 is 216 Å². The summed E-state index contributed by atoms with van der Waals surface area (Å²) in [6.45, 7) is -2.86. The maximum Gasteiger partial charge on any atom is 0.364 e. The minimum Gasteiger partial charge on any atom is -0.477 e. The molecule has 5 fully saturated rings. The van der Waals surface area contributed by atoms with Crippen molar-refractivity contribution < 1.29 is 143 Å². The molecule has 5 aliphatic rings. The maximum atomic E-state index is 13.0. The number of methoxy groups -OCH3 is 1. The molecule has 0 radical (unpaired) electrons. The summed E-state index contributed by atoms with van der Waals surface area (Å²) in [6.07, 6.45) is -46.1. The predicted molar refractivity (Wildman–Crippen MR) is 212 cm³/mol. The first-order valence-electron chi connectivity index (χ1n) is 21.6. The Labute approximate surface area is 391 Å². The van der Waals surface area contributed by atoms with Gasteiger partial charge in [0.25, 0.3) is 5.79 Å². The smallest absolute Gasteiger partial charge is 0.364 e. The minimum atomic E-state index is -3.20. The second-order valence-electron chi connectivity index (χ2n) is 17.1. The van der Waals surface area contributed by atoms with E-state index >= 15 is 0 Å². The molecule has 5 aliphatic heterocycles. The monoisotopic (exact) mass is 1010 g/mol. The van der Waals surface area contributed by atoms with Gasteiger partial charge in [-0.15, -0.1) is 0 Å². The van der Waals surface area contributed by atoms with Crippen LogP contribution in [0.25, 0.3) is 0 Å². The zero-order valence-corrected chi connectivity index (χ0v) is 37.1. The molecule has 2 amide bonds. The van der Waals surface area contributed by atoms with Crippen molar-refractivity contribution in [2.75, 3.05) is 40.1 Å². The molecule has 0 aliphatic carbocycles. The lowest BCUT2D eigenvalue weighted by Crippen LogP contribution is -2.71. The van der Waals surface area contributed by atoms with Crippen LogP contribution < -0.4 is 10.6 Å². The Morgan fingerprint density at radius 2 is 1.17 bits per heavy atom. The molecule has 0 saturated carbocycles. The Balaban J connectivity index is 1.51. The van der Waals surface area contributed by atoms with Crippen molar-refractivity contribution >= 4 is 17.8 Å².